The van der Waals surface area contributed by atoms with Crippen LogP contribution in [0, 0.1) is 6.92 Å². The summed E-state index contributed by atoms with van der Waals surface area (Å²) < 4.78 is 3.98. The minimum atomic E-state index is -0.160. The van der Waals surface area contributed by atoms with Gasteiger partial charge in [0.15, 0.2) is 5.13 Å². The molecule has 172 valence electrons. The fourth-order valence-electron chi connectivity index (χ4n) is 4.26. The van der Waals surface area contributed by atoms with Gasteiger partial charge in [-0.3, -0.25) is 0 Å². The third kappa shape index (κ3) is 4.18. The van der Waals surface area contributed by atoms with Gasteiger partial charge in [0, 0.05) is 17.1 Å². The average molecular weight is 464 g/mol. The maximum atomic E-state index is 9.92. The van der Waals surface area contributed by atoms with Crippen LogP contribution in [-0.2, 0) is 25.0 Å². The summed E-state index contributed by atoms with van der Waals surface area (Å²) in [7, 11) is 0. The number of aliphatic hydroxyl groups is 1. The number of hydrogen-bond donors (Lipinski definition) is 2. The quantitative estimate of drug-likeness (QED) is 0.443. The molecule has 0 radical (unpaired) electrons. The zero-order valence-corrected chi connectivity index (χ0v) is 20.3. The van der Waals surface area contributed by atoms with Crippen LogP contribution in [0.2, 0.25) is 0 Å². The number of hydrogen-bond acceptors (Lipinski definition) is 7. The molecule has 0 bridgehead atoms. The third-order valence-electron chi connectivity index (χ3n) is 5.87. The Kier molecular flexibility index (Phi) is 5.54. The van der Waals surface area contributed by atoms with Crippen LogP contribution >= 0.6 is 11.3 Å². The van der Waals surface area contributed by atoms with Crippen LogP contribution in [0.3, 0.4) is 0 Å². The van der Waals surface area contributed by atoms with Crippen molar-refractivity contribution in [1.29, 1.82) is 0 Å². The van der Waals surface area contributed by atoms with Gasteiger partial charge in [0.2, 0.25) is 0 Å². The minimum Gasteiger partial charge on any atom is -0.390 e. The second-order valence-corrected chi connectivity index (χ2v) is 10.3. The molecule has 1 aliphatic rings. The Morgan fingerprint density at radius 3 is 2.67 bits per heavy atom. The summed E-state index contributed by atoms with van der Waals surface area (Å²) in [5.41, 5.74) is 6.22. The summed E-state index contributed by atoms with van der Waals surface area (Å²) in [4.78, 5) is 13.8. The number of imidazole rings is 1. The molecule has 4 heterocycles. The van der Waals surface area contributed by atoms with Crippen molar-refractivity contribution in [2.45, 2.75) is 65.5 Å². The number of nitrogens with zero attached hydrogens (tertiary/aromatic N) is 6. The number of fused-ring (bicyclic) bond motifs is 1. The molecule has 5 rings (SSSR count). The van der Waals surface area contributed by atoms with E-state index in [1.54, 1.807) is 17.7 Å². The van der Waals surface area contributed by atoms with E-state index in [9.17, 15) is 5.11 Å². The lowest BCUT2D eigenvalue weighted by Gasteiger charge is -2.23. The SMILES string of the molecule is Cc1cn(-c2ccc(-c3csc(Nc4c5c(nn4C(C)(C)C)CCCC5)n3)nc2CO)cn1. The van der Waals surface area contributed by atoms with Crippen LogP contribution in [0.1, 0.15) is 56.3 Å². The Morgan fingerprint density at radius 2 is 1.94 bits per heavy atom. The molecule has 0 amide bonds. The summed E-state index contributed by atoms with van der Waals surface area (Å²) in [5.74, 6) is 1.05. The van der Waals surface area contributed by atoms with Gasteiger partial charge in [0.05, 0.1) is 46.9 Å². The summed E-state index contributed by atoms with van der Waals surface area (Å²) in [5, 5.41) is 21.2. The van der Waals surface area contributed by atoms with Crippen molar-refractivity contribution < 1.29 is 5.11 Å². The lowest BCUT2D eigenvalue weighted by atomic mass is 9.97. The monoisotopic (exact) mass is 463 g/mol. The number of rotatable bonds is 5. The first kappa shape index (κ1) is 21.8. The molecule has 1 aliphatic carbocycles. The van der Waals surface area contributed by atoms with E-state index in [2.05, 4.69) is 40.7 Å². The van der Waals surface area contributed by atoms with E-state index in [4.69, 9.17) is 10.1 Å². The van der Waals surface area contributed by atoms with E-state index < -0.39 is 0 Å². The molecule has 4 aromatic heterocycles. The van der Waals surface area contributed by atoms with E-state index in [0.29, 0.717) is 5.69 Å². The molecule has 0 spiro atoms. The smallest absolute Gasteiger partial charge is 0.188 e. The molecule has 0 atom stereocenters. The van der Waals surface area contributed by atoms with Gasteiger partial charge < -0.3 is 15.0 Å². The highest BCUT2D eigenvalue weighted by Gasteiger charge is 2.27. The molecule has 0 saturated carbocycles. The highest BCUT2D eigenvalue weighted by atomic mass is 32.1. The fraction of sp³-hybridized carbons (Fsp3) is 0.417. The van der Waals surface area contributed by atoms with Gasteiger partial charge in [0.1, 0.15) is 11.5 Å². The topological polar surface area (TPSA) is 93.7 Å². The number of thiazole rings is 1. The number of nitrogens with one attached hydrogen (secondary N) is 1. The molecule has 0 unspecified atom stereocenters. The van der Waals surface area contributed by atoms with Crippen LogP contribution in [0.25, 0.3) is 17.1 Å². The minimum absolute atomic E-state index is 0.126. The number of aliphatic hydroxyl groups excluding tert-OH is 1. The molecule has 9 heteroatoms. The van der Waals surface area contributed by atoms with E-state index in [-0.39, 0.29) is 12.1 Å². The van der Waals surface area contributed by atoms with Gasteiger partial charge in [-0.05, 0) is 65.5 Å². The van der Waals surface area contributed by atoms with Crippen molar-refractivity contribution >= 4 is 22.3 Å². The molecule has 0 fully saturated rings. The first-order chi connectivity index (χ1) is 15.8. The Bertz CT molecular complexity index is 1290. The first-order valence-electron chi connectivity index (χ1n) is 11.3. The maximum absolute atomic E-state index is 9.92. The Morgan fingerprint density at radius 1 is 1.12 bits per heavy atom. The molecule has 0 saturated heterocycles. The molecule has 4 aromatic rings. The number of aromatic nitrogens is 6. The Hall–Kier alpha value is -3.04. The van der Waals surface area contributed by atoms with Gasteiger partial charge in [0.25, 0.3) is 0 Å². The van der Waals surface area contributed by atoms with E-state index in [0.717, 1.165) is 46.6 Å². The van der Waals surface area contributed by atoms with E-state index in [1.807, 2.05) is 35.2 Å². The van der Waals surface area contributed by atoms with E-state index in [1.165, 1.54) is 24.1 Å². The van der Waals surface area contributed by atoms with Gasteiger partial charge in [-0.2, -0.15) is 5.10 Å². The van der Waals surface area contributed by atoms with Crippen molar-refractivity contribution in [2.24, 2.45) is 0 Å². The van der Waals surface area contributed by atoms with Crippen molar-refractivity contribution in [3.8, 4) is 17.1 Å². The number of aryl methyl sites for hydroxylation is 2. The van der Waals surface area contributed by atoms with Crippen molar-refractivity contribution in [1.82, 2.24) is 29.3 Å². The molecule has 0 aliphatic heterocycles. The van der Waals surface area contributed by atoms with Crippen LogP contribution in [0.15, 0.2) is 30.0 Å². The van der Waals surface area contributed by atoms with Crippen molar-refractivity contribution in [2.75, 3.05) is 5.32 Å². The molecular formula is C24H29N7OS. The Labute approximate surface area is 197 Å². The van der Waals surface area contributed by atoms with E-state index >= 15 is 0 Å². The second kappa shape index (κ2) is 8.39. The van der Waals surface area contributed by atoms with Gasteiger partial charge >= 0.3 is 0 Å². The molecule has 33 heavy (non-hydrogen) atoms. The van der Waals surface area contributed by atoms with Crippen molar-refractivity contribution in [3.05, 3.63) is 52.7 Å². The normalized spacial score (nSPS) is 13.8. The van der Waals surface area contributed by atoms with Gasteiger partial charge in [-0.15, -0.1) is 11.3 Å². The van der Waals surface area contributed by atoms with Crippen LogP contribution in [-0.4, -0.2) is 34.4 Å². The van der Waals surface area contributed by atoms with Crippen molar-refractivity contribution in [3.63, 3.8) is 0 Å². The zero-order valence-electron chi connectivity index (χ0n) is 19.5. The average Bonchev–Trinajstić information content (AvgIpc) is 3.52. The number of anilines is 2. The lowest BCUT2D eigenvalue weighted by molar-refractivity contribution is 0.276. The lowest BCUT2D eigenvalue weighted by Crippen LogP contribution is -2.24. The molecule has 8 nitrogen and oxygen atoms in total. The predicted octanol–water partition coefficient (Wildman–Crippen LogP) is 4.77. The molecular weight excluding hydrogens is 434 g/mol. The largest absolute Gasteiger partial charge is 0.390 e. The molecule has 0 aromatic carbocycles. The zero-order chi connectivity index (χ0) is 23.2. The maximum Gasteiger partial charge on any atom is 0.188 e. The van der Waals surface area contributed by atoms with Crippen LogP contribution in [0.5, 0.6) is 0 Å². The number of pyridine rings is 1. The Balaban J connectivity index is 1.46. The standard InChI is InChI=1S/C24H29N7OS/c1-15-11-30(14-25-15)21-10-9-18(26-19(21)12-32)20-13-33-23(27-20)28-22-16-7-5-6-8-17(16)29-31(22)24(2,3)4/h9-11,13-14,32H,5-8,12H2,1-4H3,(H,27,28). The summed E-state index contributed by atoms with van der Waals surface area (Å²) >= 11 is 1.55. The molecule has 2 N–H and O–H groups in total. The highest BCUT2D eigenvalue weighted by molar-refractivity contribution is 7.14. The summed E-state index contributed by atoms with van der Waals surface area (Å²) in [6.07, 6.45) is 8.12. The predicted molar refractivity (Wildman–Crippen MR) is 130 cm³/mol. The van der Waals surface area contributed by atoms with Gasteiger partial charge in [-0.1, -0.05) is 0 Å². The van der Waals surface area contributed by atoms with Crippen LogP contribution < -0.4 is 5.32 Å². The fourth-order valence-corrected chi connectivity index (χ4v) is 4.96. The highest BCUT2D eigenvalue weighted by Crippen LogP contribution is 2.35. The third-order valence-corrected chi connectivity index (χ3v) is 6.63. The van der Waals surface area contributed by atoms with Gasteiger partial charge in [-0.25, -0.2) is 19.6 Å². The summed E-state index contributed by atoms with van der Waals surface area (Å²) in [6.45, 7) is 8.30. The van der Waals surface area contributed by atoms with Crippen LogP contribution in [0.4, 0.5) is 10.9 Å². The second-order valence-electron chi connectivity index (χ2n) is 9.47. The first-order valence-corrected chi connectivity index (χ1v) is 12.2. The summed E-state index contributed by atoms with van der Waals surface area (Å²) in [6, 6.07) is 3.89.